The lowest BCUT2D eigenvalue weighted by molar-refractivity contribution is -0.146. The number of carbonyl (C=O) groups is 1. The van der Waals surface area contributed by atoms with E-state index in [1.165, 1.54) is 19.2 Å². The number of carbonyl (C=O) groups excluding carboxylic acids is 1. The maximum atomic E-state index is 13.3. The highest BCUT2D eigenvalue weighted by Gasteiger charge is 2.31. The van der Waals surface area contributed by atoms with Crippen molar-refractivity contribution in [3.8, 4) is 5.75 Å². The molecule has 2 rings (SSSR count). The molecular formula is C14H18FNO3. The smallest absolute Gasteiger partial charge is 0.323 e. The summed E-state index contributed by atoms with van der Waals surface area (Å²) in [5.41, 5.74) is 0.748. The summed E-state index contributed by atoms with van der Waals surface area (Å²) < 4.78 is 23.3. The Morgan fingerprint density at radius 3 is 2.95 bits per heavy atom. The van der Waals surface area contributed by atoms with E-state index in [0.29, 0.717) is 12.3 Å². The molecule has 1 fully saturated rings. The second-order valence-corrected chi connectivity index (χ2v) is 4.61. The zero-order valence-corrected chi connectivity index (χ0v) is 11.2. The summed E-state index contributed by atoms with van der Waals surface area (Å²) in [4.78, 5) is 13.7. The molecule has 1 aliphatic heterocycles. The van der Waals surface area contributed by atoms with Crippen LogP contribution >= 0.6 is 0 Å². The molecule has 0 amide bonds. The van der Waals surface area contributed by atoms with E-state index in [9.17, 15) is 9.18 Å². The summed E-state index contributed by atoms with van der Waals surface area (Å²) >= 11 is 0. The molecule has 4 nitrogen and oxygen atoms in total. The van der Waals surface area contributed by atoms with Gasteiger partial charge in [-0.3, -0.25) is 9.69 Å². The summed E-state index contributed by atoms with van der Waals surface area (Å²) in [6, 6.07) is 4.18. The van der Waals surface area contributed by atoms with Crippen molar-refractivity contribution in [2.24, 2.45) is 0 Å². The van der Waals surface area contributed by atoms with Crippen molar-refractivity contribution in [3.63, 3.8) is 0 Å². The third-order valence-electron chi connectivity index (χ3n) is 3.45. The van der Waals surface area contributed by atoms with E-state index >= 15 is 0 Å². The van der Waals surface area contributed by atoms with E-state index < -0.39 is 0 Å². The highest BCUT2D eigenvalue weighted by atomic mass is 19.1. The van der Waals surface area contributed by atoms with Gasteiger partial charge in [0.2, 0.25) is 0 Å². The molecule has 0 N–H and O–H groups in total. The Morgan fingerprint density at radius 1 is 1.47 bits per heavy atom. The van der Waals surface area contributed by atoms with Gasteiger partial charge in [0.05, 0.1) is 14.2 Å². The molecule has 1 saturated heterocycles. The van der Waals surface area contributed by atoms with E-state index in [1.807, 2.05) is 4.90 Å². The number of nitrogens with zero attached hydrogens (tertiary/aromatic N) is 1. The standard InChI is InChI=1S/C14H18FNO3/c1-18-13-6-5-11(15)8-10(13)9-16-7-3-4-12(16)14(17)19-2/h5-6,8,12H,3-4,7,9H2,1-2H3. The molecule has 104 valence electrons. The molecule has 0 saturated carbocycles. The first-order chi connectivity index (χ1) is 9.15. The first-order valence-electron chi connectivity index (χ1n) is 6.30. The van der Waals surface area contributed by atoms with Gasteiger partial charge in [-0.1, -0.05) is 0 Å². The predicted octanol–water partition coefficient (Wildman–Crippen LogP) is 1.97. The number of benzene rings is 1. The van der Waals surface area contributed by atoms with Crippen molar-refractivity contribution >= 4 is 5.97 Å². The Bertz CT molecular complexity index is 464. The minimum Gasteiger partial charge on any atom is -0.496 e. The Balaban J connectivity index is 2.16. The summed E-state index contributed by atoms with van der Waals surface area (Å²) in [6.45, 7) is 1.29. The molecule has 1 heterocycles. The molecule has 1 aromatic carbocycles. The van der Waals surface area contributed by atoms with Crippen molar-refractivity contribution in [1.82, 2.24) is 4.90 Å². The highest BCUT2D eigenvalue weighted by Crippen LogP contribution is 2.26. The molecular weight excluding hydrogens is 249 g/mol. The maximum Gasteiger partial charge on any atom is 0.323 e. The van der Waals surface area contributed by atoms with Crippen LogP contribution in [0, 0.1) is 5.82 Å². The maximum absolute atomic E-state index is 13.3. The Kier molecular flexibility index (Phi) is 4.37. The summed E-state index contributed by atoms with van der Waals surface area (Å²) in [7, 11) is 2.94. The number of methoxy groups -OCH3 is 2. The Morgan fingerprint density at radius 2 is 2.26 bits per heavy atom. The van der Waals surface area contributed by atoms with Crippen LogP contribution in [0.3, 0.4) is 0 Å². The van der Waals surface area contributed by atoms with Gasteiger partial charge in [-0.25, -0.2) is 4.39 Å². The van der Waals surface area contributed by atoms with Crippen LogP contribution in [0.25, 0.3) is 0 Å². The van der Waals surface area contributed by atoms with Crippen LogP contribution in [0.4, 0.5) is 4.39 Å². The number of halogens is 1. The third-order valence-corrected chi connectivity index (χ3v) is 3.45. The normalized spacial score (nSPS) is 19.4. The molecule has 19 heavy (non-hydrogen) atoms. The third kappa shape index (κ3) is 3.04. The molecule has 0 aliphatic carbocycles. The van der Waals surface area contributed by atoms with E-state index in [-0.39, 0.29) is 17.8 Å². The summed E-state index contributed by atoms with van der Waals surface area (Å²) in [5, 5.41) is 0. The van der Waals surface area contributed by atoms with Crippen LogP contribution in [0.1, 0.15) is 18.4 Å². The molecule has 5 heteroatoms. The first-order valence-corrected chi connectivity index (χ1v) is 6.30. The second kappa shape index (κ2) is 6.02. The minimum atomic E-state index is -0.301. The van der Waals surface area contributed by atoms with Gasteiger partial charge in [0, 0.05) is 12.1 Å². The molecule has 0 radical (unpaired) electrons. The summed E-state index contributed by atoms with van der Waals surface area (Å²) in [6.07, 6.45) is 1.72. The highest BCUT2D eigenvalue weighted by molar-refractivity contribution is 5.76. The number of ether oxygens (including phenoxy) is 2. The molecule has 1 atom stereocenters. The number of hydrogen-bond donors (Lipinski definition) is 0. The van der Waals surface area contributed by atoms with Gasteiger partial charge in [-0.15, -0.1) is 0 Å². The molecule has 0 bridgehead atoms. The van der Waals surface area contributed by atoms with Crippen LogP contribution in [0.2, 0.25) is 0 Å². The first kappa shape index (κ1) is 13.8. The van der Waals surface area contributed by atoms with Gasteiger partial charge in [-0.2, -0.15) is 0 Å². The molecule has 0 aromatic heterocycles. The zero-order chi connectivity index (χ0) is 13.8. The Labute approximate surface area is 112 Å². The van der Waals surface area contributed by atoms with Gasteiger partial charge < -0.3 is 9.47 Å². The van der Waals surface area contributed by atoms with E-state index in [0.717, 1.165) is 24.9 Å². The Hall–Kier alpha value is -1.62. The topological polar surface area (TPSA) is 38.8 Å². The van der Waals surface area contributed by atoms with Crippen LogP contribution in [-0.4, -0.2) is 37.7 Å². The van der Waals surface area contributed by atoms with Gasteiger partial charge in [0.1, 0.15) is 17.6 Å². The predicted molar refractivity (Wildman–Crippen MR) is 68.4 cm³/mol. The lowest BCUT2D eigenvalue weighted by Crippen LogP contribution is -2.36. The van der Waals surface area contributed by atoms with Crippen LogP contribution in [-0.2, 0) is 16.1 Å². The SMILES string of the molecule is COC(=O)C1CCCN1Cc1cc(F)ccc1OC. The van der Waals surface area contributed by atoms with Crippen molar-refractivity contribution < 1.29 is 18.7 Å². The van der Waals surface area contributed by atoms with Crippen molar-refractivity contribution in [2.75, 3.05) is 20.8 Å². The van der Waals surface area contributed by atoms with Crippen LogP contribution in [0.5, 0.6) is 5.75 Å². The van der Waals surface area contributed by atoms with Gasteiger partial charge in [0.25, 0.3) is 0 Å². The molecule has 1 aliphatic rings. The van der Waals surface area contributed by atoms with Gasteiger partial charge >= 0.3 is 5.97 Å². The molecule has 0 spiro atoms. The number of hydrogen-bond acceptors (Lipinski definition) is 4. The van der Waals surface area contributed by atoms with Crippen LogP contribution in [0.15, 0.2) is 18.2 Å². The largest absolute Gasteiger partial charge is 0.496 e. The fourth-order valence-corrected chi connectivity index (χ4v) is 2.51. The number of esters is 1. The summed E-state index contributed by atoms with van der Waals surface area (Å²) in [5.74, 6) is 0.106. The van der Waals surface area contributed by atoms with E-state index in [2.05, 4.69) is 0 Å². The van der Waals surface area contributed by atoms with Crippen molar-refractivity contribution in [1.29, 1.82) is 0 Å². The second-order valence-electron chi connectivity index (χ2n) is 4.61. The quantitative estimate of drug-likeness (QED) is 0.782. The minimum absolute atomic E-state index is 0.229. The van der Waals surface area contributed by atoms with Crippen molar-refractivity contribution in [2.45, 2.75) is 25.4 Å². The van der Waals surface area contributed by atoms with Gasteiger partial charge in [0.15, 0.2) is 0 Å². The lowest BCUT2D eigenvalue weighted by Gasteiger charge is -2.23. The average Bonchev–Trinajstić information content (AvgIpc) is 2.86. The fourth-order valence-electron chi connectivity index (χ4n) is 2.51. The fraction of sp³-hybridized carbons (Fsp3) is 0.500. The van der Waals surface area contributed by atoms with E-state index in [1.54, 1.807) is 13.2 Å². The van der Waals surface area contributed by atoms with Crippen LogP contribution < -0.4 is 4.74 Å². The monoisotopic (exact) mass is 267 g/mol. The van der Waals surface area contributed by atoms with Gasteiger partial charge in [-0.05, 0) is 37.6 Å². The number of rotatable bonds is 4. The molecule has 1 unspecified atom stereocenters. The molecule has 1 aromatic rings. The van der Waals surface area contributed by atoms with E-state index in [4.69, 9.17) is 9.47 Å². The lowest BCUT2D eigenvalue weighted by atomic mass is 10.1. The average molecular weight is 267 g/mol. The van der Waals surface area contributed by atoms with Crippen molar-refractivity contribution in [3.05, 3.63) is 29.6 Å². The zero-order valence-electron chi connectivity index (χ0n) is 11.2. The number of likely N-dealkylation sites (tertiary alicyclic amines) is 1.